The standard InChI is InChI=1S/C9H8N2O2S3/c10-16(12,13)9-2-1-8(15-9)14-7-3-5-11-6-4-7/h1-6H,(H2,10,12,13). The van der Waals surface area contributed by atoms with E-state index in [0.29, 0.717) is 0 Å². The summed E-state index contributed by atoms with van der Waals surface area (Å²) in [5, 5.41) is 5.03. The fraction of sp³-hybridized carbons (Fsp3) is 0. The topological polar surface area (TPSA) is 73.1 Å². The lowest BCUT2D eigenvalue weighted by atomic mass is 10.5. The van der Waals surface area contributed by atoms with E-state index >= 15 is 0 Å². The predicted octanol–water partition coefficient (Wildman–Crippen LogP) is 1.94. The lowest BCUT2D eigenvalue weighted by Crippen LogP contribution is -2.09. The monoisotopic (exact) mass is 272 g/mol. The molecule has 84 valence electrons. The zero-order valence-corrected chi connectivity index (χ0v) is 10.5. The van der Waals surface area contributed by atoms with Crippen LogP contribution in [0.2, 0.25) is 0 Å². The van der Waals surface area contributed by atoms with Gasteiger partial charge in [0.15, 0.2) is 0 Å². The first-order valence-corrected chi connectivity index (χ1v) is 7.44. The molecule has 0 aliphatic rings. The predicted molar refractivity (Wildman–Crippen MR) is 64.1 cm³/mol. The molecule has 0 aliphatic carbocycles. The van der Waals surface area contributed by atoms with Gasteiger partial charge in [-0.1, -0.05) is 11.8 Å². The van der Waals surface area contributed by atoms with Crippen LogP contribution in [0.25, 0.3) is 0 Å². The molecule has 2 rings (SSSR count). The van der Waals surface area contributed by atoms with Crippen molar-refractivity contribution in [2.45, 2.75) is 13.3 Å². The zero-order valence-electron chi connectivity index (χ0n) is 8.03. The molecule has 0 aliphatic heterocycles. The van der Waals surface area contributed by atoms with Crippen molar-refractivity contribution < 1.29 is 8.42 Å². The van der Waals surface area contributed by atoms with Gasteiger partial charge >= 0.3 is 0 Å². The zero-order chi connectivity index (χ0) is 11.6. The van der Waals surface area contributed by atoms with Gasteiger partial charge in [-0.05, 0) is 24.3 Å². The van der Waals surface area contributed by atoms with Crippen molar-refractivity contribution >= 4 is 33.1 Å². The van der Waals surface area contributed by atoms with Crippen molar-refractivity contribution in [3.05, 3.63) is 36.7 Å². The van der Waals surface area contributed by atoms with E-state index in [1.807, 2.05) is 12.1 Å². The van der Waals surface area contributed by atoms with Crippen LogP contribution in [0.15, 0.2) is 50.0 Å². The molecule has 0 saturated heterocycles. The van der Waals surface area contributed by atoms with E-state index in [1.54, 1.807) is 18.5 Å². The van der Waals surface area contributed by atoms with Crippen LogP contribution >= 0.6 is 23.1 Å². The number of pyridine rings is 1. The average molecular weight is 272 g/mol. The van der Waals surface area contributed by atoms with Crippen molar-refractivity contribution in [2.24, 2.45) is 5.14 Å². The van der Waals surface area contributed by atoms with Gasteiger partial charge in [-0.25, -0.2) is 13.6 Å². The highest BCUT2D eigenvalue weighted by Gasteiger charge is 2.11. The van der Waals surface area contributed by atoms with Gasteiger partial charge in [-0.2, -0.15) is 0 Å². The van der Waals surface area contributed by atoms with Crippen molar-refractivity contribution in [3.63, 3.8) is 0 Å². The fourth-order valence-electron chi connectivity index (χ4n) is 1.03. The summed E-state index contributed by atoms with van der Waals surface area (Å²) in [5.74, 6) is 0. The molecule has 2 heterocycles. The molecule has 0 radical (unpaired) electrons. The van der Waals surface area contributed by atoms with Gasteiger partial charge in [0, 0.05) is 17.3 Å². The minimum Gasteiger partial charge on any atom is -0.265 e. The number of thiophene rings is 1. The van der Waals surface area contributed by atoms with Gasteiger partial charge in [0.2, 0.25) is 10.0 Å². The molecule has 0 bridgehead atoms. The second kappa shape index (κ2) is 4.54. The first-order chi connectivity index (χ1) is 7.55. The third-order valence-corrected chi connectivity index (χ3v) is 5.37. The first-order valence-electron chi connectivity index (χ1n) is 4.26. The number of hydrogen-bond acceptors (Lipinski definition) is 5. The largest absolute Gasteiger partial charge is 0.265 e. The van der Waals surface area contributed by atoms with Crippen LogP contribution in [0.1, 0.15) is 0 Å². The average Bonchev–Trinajstić information content (AvgIpc) is 2.67. The molecule has 0 amide bonds. The van der Waals surface area contributed by atoms with E-state index in [-0.39, 0.29) is 4.21 Å². The van der Waals surface area contributed by atoms with E-state index in [1.165, 1.54) is 17.8 Å². The highest BCUT2D eigenvalue weighted by atomic mass is 32.3. The number of primary sulfonamides is 1. The lowest BCUT2D eigenvalue weighted by Gasteiger charge is -1.95. The maximum atomic E-state index is 11.1. The molecule has 0 unspecified atom stereocenters. The minimum atomic E-state index is -3.58. The molecular weight excluding hydrogens is 264 g/mol. The van der Waals surface area contributed by atoms with Crippen LogP contribution < -0.4 is 5.14 Å². The Balaban J connectivity index is 2.22. The molecule has 4 nitrogen and oxygen atoms in total. The molecule has 0 atom stereocenters. The van der Waals surface area contributed by atoms with Crippen molar-refractivity contribution in [1.29, 1.82) is 0 Å². The Kier molecular flexibility index (Phi) is 3.29. The van der Waals surface area contributed by atoms with Gasteiger partial charge < -0.3 is 0 Å². The van der Waals surface area contributed by atoms with Gasteiger partial charge in [-0.15, -0.1) is 11.3 Å². The SMILES string of the molecule is NS(=O)(=O)c1ccc(Sc2ccncc2)s1. The van der Waals surface area contributed by atoms with Gasteiger partial charge in [0.1, 0.15) is 4.21 Å². The number of sulfonamides is 1. The van der Waals surface area contributed by atoms with E-state index in [9.17, 15) is 8.42 Å². The molecule has 2 N–H and O–H groups in total. The van der Waals surface area contributed by atoms with Gasteiger partial charge in [0.05, 0.1) is 4.21 Å². The third kappa shape index (κ3) is 2.82. The number of aromatic nitrogens is 1. The highest BCUT2D eigenvalue weighted by Crippen LogP contribution is 2.34. The molecule has 2 aromatic heterocycles. The Morgan fingerprint density at radius 3 is 2.44 bits per heavy atom. The molecule has 16 heavy (non-hydrogen) atoms. The lowest BCUT2D eigenvalue weighted by molar-refractivity contribution is 0.600. The Hall–Kier alpha value is -0.890. The second-order valence-electron chi connectivity index (χ2n) is 2.90. The molecule has 0 spiro atoms. The highest BCUT2D eigenvalue weighted by molar-refractivity contribution is 8.01. The van der Waals surface area contributed by atoms with E-state index in [0.717, 1.165) is 20.4 Å². The minimum absolute atomic E-state index is 0.184. The van der Waals surface area contributed by atoms with Crippen LogP contribution in [-0.4, -0.2) is 13.4 Å². The second-order valence-corrected chi connectivity index (χ2v) is 7.15. The van der Waals surface area contributed by atoms with Crippen molar-refractivity contribution in [3.8, 4) is 0 Å². The molecule has 7 heteroatoms. The summed E-state index contributed by atoms with van der Waals surface area (Å²) in [7, 11) is -3.58. The smallest absolute Gasteiger partial charge is 0.247 e. The summed E-state index contributed by atoms with van der Waals surface area (Å²) in [4.78, 5) is 4.92. The van der Waals surface area contributed by atoms with Crippen molar-refractivity contribution in [2.75, 3.05) is 0 Å². The van der Waals surface area contributed by atoms with E-state index in [2.05, 4.69) is 4.98 Å². The van der Waals surface area contributed by atoms with Crippen molar-refractivity contribution in [1.82, 2.24) is 4.98 Å². The van der Waals surface area contributed by atoms with Gasteiger partial charge in [0.25, 0.3) is 0 Å². The summed E-state index contributed by atoms with van der Waals surface area (Å²) in [5.41, 5.74) is 0. The Morgan fingerprint density at radius 1 is 1.19 bits per heavy atom. The van der Waals surface area contributed by atoms with Gasteiger partial charge in [-0.3, -0.25) is 4.98 Å². The summed E-state index contributed by atoms with van der Waals surface area (Å²) in [6.07, 6.45) is 3.38. The normalized spacial score (nSPS) is 11.6. The molecular formula is C9H8N2O2S3. The van der Waals surface area contributed by atoms with Crippen LogP contribution in [0.3, 0.4) is 0 Å². The maximum absolute atomic E-state index is 11.1. The Morgan fingerprint density at radius 2 is 1.88 bits per heavy atom. The number of rotatable bonds is 3. The first kappa shape index (κ1) is 11.6. The van der Waals surface area contributed by atoms with Crippen LogP contribution in [-0.2, 0) is 10.0 Å². The third-order valence-electron chi connectivity index (χ3n) is 1.71. The summed E-state index contributed by atoms with van der Waals surface area (Å²) in [6.45, 7) is 0. The Bertz CT molecular complexity index is 578. The van der Waals surface area contributed by atoms with Crippen LogP contribution in [0, 0.1) is 0 Å². The fourth-order valence-corrected chi connectivity index (χ4v) is 4.00. The molecule has 0 aromatic carbocycles. The van der Waals surface area contributed by atoms with E-state index in [4.69, 9.17) is 5.14 Å². The molecule has 2 aromatic rings. The summed E-state index contributed by atoms with van der Waals surface area (Å²) < 4.78 is 23.2. The maximum Gasteiger partial charge on any atom is 0.247 e. The Labute approximate surface area is 102 Å². The number of hydrogen-bond donors (Lipinski definition) is 1. The number of nitrogens with two attached hydrogens (primary N) is 1. The quantitative estimate of drug-likeness (QED) is 0.926. The van der Waals surface area contributed by atoms with E-state index < -0.39 is 10.0 Å². The molecule has 0 saturated carbocycles. The number of nitrogens with zero attached hydrogens (tertiary/aromatic N) is 1. The molecule has 0 fully saturated rings. The summed E-state index contributed by atoms with van der Waals surface area (Å²) in [6, 6.07) is 6.99. The summed E-state index contributed by atoms with van der Waals surface area (Å²) >= 11 is 2.65. The van der Waals surface area contributed by atoms with Crippen LogP contribution in [0.5, 0.6) is 0 Å². The van der Waals surface area contributed by atoms with Crippen LogP contribution in [0.4, 0.5) is 0 Å².